The molecule has 0 fully saturated rings. The summed E-state index contributed by atoms with van der Waals surface area (Å²) in [7, 11) is 1.97. The first kappa shape index (κ1) is 14.9. The fourth-order valence-corrected chi connectivity index (χ4v) is 3.45. The van der Waals surface area contributed by atoms with Gasteiger partial charge in [-0.1, -0.05) is 6.92 Å². The van der Waals surface area contributed by atoms with E-state index in [4.69, 9.17) is 4.74 Å². The second-order valence-electron chi connectivity index (χ2n) is 6.37. The highest BCUT2D eigenvalue weighted by Gasteiger charge is 2.25. The average molecular weight is 322 g/mol. The predicted octanol–water partition coefficient (Wildman–Crippen LogP) is 5.07. The number of ether oxygens (including phenoxy) is 1. The largest absolute Gasteiger partial charge is 0.457 e. The highest BCUT2D eigenvalue weighted by atomic mass is 19.1. The quantitative estimate of drug-likeness (QED) is 0.673. The molecule has 4 rings (SSSR count). The first-order valence-corrected chi connectivity index (χ1v) is 8.20. The normalized spacial score (nSPS) is 16.2. The van der Waals surface area contributed by atoms with E-state index in [1.807, 2.05) is 42.1 Å². The van der Waals surface area contributed by atoms with Crippen molar-refractivity contribution >= 4 is 0 Å². The number of hydrogen-bond donors (Lipinski definition) is 0. The van der Waals surface area contributed by atoms with E-state index in [-0.39, 0.29) is 11.7 Å². The van der Waals surface area contributed by atoms with Crippen LogP contribution in [0.2, 0.25) is 0 Å². The summed E-state index contributed by atoms with van der Waals surface area (Å²) in [5.41, 5.74) is 2.86. The number of fused-ring (bicyclic) bond motifs is 1. The molecule has 0 saturated carbocycles. The maximum absolute atomic E-state index is 14.0. The van der Waals surface area contributed by atoms with Gasteiger partial charge in [-0.2, -0.15) is 0 Å². The molecule has 122 valence electrons. The van der Waals surface area contributed by atoms with Crippen molar-refractivity contribution in [3.63, 3.8) is 0 Å². The van der Waals surface area contributed by atoms with Gasteiger partial charge >= 0.3 is 0 Å². The Hall–Kier alpha value is -2.62. The summed E-state index contributed by atoms with van der Waals surface area (Å²) in [6.07, 6.45) is 5.55. The molecule has 0 amide bonds. The molecule has 1 aliphatic rings. The topological polar surface area (TPSA) is 27.1 Å². The smallest absolute Gasteiger partial charge is 0.139 e. The molecule has 1 aliphatic carbocycles. The van der Waals surface area contributed by atoms with Crippen LogP contribution in [0.15, 0.2) is 48.8 Å². The lowest BCUT2D eigenvalue weighted by Crippen LogP contribution is -1.96. The molecular formula is C20H19FN2O. The van der Waals surface area contributed by atoms with E-state index in [2.05, 4.69) is 11.9 Å². The predicted molar refractivity (Wildman–Crippen MR) is 91.9 cm³/mol. The Labute approximate surface area is 140 Å². The van der Waals surface area contributed by atoms with Gasteiger partial charge in [0.05, 0.1) is 0 Å². The molecule has 3 nitrogen and oxygen atoms in total. The molecule has 1 aromatic heterocycles. The SMILES string of the molecule is CC1CCc2c(Oc3ccc(-c4nccn4C)cc3)ccc(F)c21. The molecule has 0 bridgehead atoms. The Bertz CT molecular complexity index is 883. The van der Waals surface area contributed by atoms with Crippen molar-refractivity contribution in [3.05, 3.63) is 65.7 Å². The van der Waals surface area contributed by atoms with Crippen LogP contribution in [0.3, 0.4) is 0 Å². The van der Waals surface area contributed by atoms with Gasteiger partial charge in [0.15, 0.2) is 0 Å². The third-order valence-corrected chi connectivity index (χ3v) is 4.74. The van der Waals surface area contributed by atoms with Crippen molar-refractivity contribution in [2.75, 3.05) is 0 Å². The number of rotatable bonds is 3. The van der Waals surface area contributed by atoms with Crippen molar-refractivity contribution in [1.29, 1.82) is 0 Å². The number of benzene rings is 2. The van der Waals surface area contributed by atoms with Gasteiger partial charge in [-0.3, -0.25) is 0 Å². The van der Waals surface area contributed by atoms with Crippen molar-refractivity contribution in [2.24, 2.45) is 7.05 Å². The zero-order valence-corrected chi connectivity index (χ0v) is 13.8. The van der Waals surface area contributed by atoms with Crippen LogP contribution in [0.25, 0.3) is 11.4 Å². The van der Waals surface area contributed by atoms with Crippen LogP contribution in [-0.2, 0) is 13.5 Å². The van der Waals surface area contributed by atoms with Crippen LogP contribution in [0.1, 0.15) is 30.4 Å². The van der Waals surface area contributed by atoms with Gasteiger partial charge in [0, 0.05) is 30.6 Å². The van der Waals surface area contributed by atoms with Gasteiger partial charge in [-0.05, 0) is 60.7 Å². The first-order valence-electron chi connectivity index (χ1n) is 8.20. The molecule has 3 aromatic rings. The molecule has 0 N–H and O–H groups in total. The lowest BCUT2D eigenvalue weighted by atomic mass is 10.0. The molecule has 1 heterocycles. The minimum Gasteiger partial charge on any atom is -0.457 e. The first-order chi connectivity index (χ1) is 11.6. The van der Waals surface area contributed by atoms with Gasteiger partial charge in [0.1, 0.15) is 23.1 Å². The van der Waals surface area contributed by atoms with Gasteiger partial charge in [0.25, 0.3) is 0 Å². The van der Waals surface area contributed by atoms with Gasteiger partial charge in [-0.25, -0.2) is 9.37 Å². The standard InChI is InChI=1S/C20H19FN2O/c1-13-3-8-16-18(10-9-17(21)19(13)16)24-15-6-4-14(5-7-15)20-22-11-12-23(20)2/h4-7,9-13H,3,8H2,1-2H3. The third kappa shape index (κ3) is 2.48. The lowest BCUT2D eigenvalue weighted by Gasteiger charge is -2.13. The fraction of sp³-hybridized carbons (Fsp3) is 0.250. The van der Waals surface area contributed by atoms with Gasteiger partial charge < -0.3 is 9.30 Å². The lowest BCUT2D eigenvalue weighted by molar-refractivity contribution is 0.474. The molecule has 0 spiro atoms. The minimum absolute atomic E-state index is 0.118. The van der Waals surface area contributed by atoms with Crippen molar-refractivity contribution < 1.29 is 9.13 Å². The number of nitrogens with zero attached hydrogens (tertiary/aromatic N) is 2. The summed E-state index contributed by atoms with van der Waals surface area (Å²) in [6.45, 7) is 2.07. The third-order valence-electron chi connectivity index (χ3n) is 4.74. The number of aryl methyl sites for hydroxylation is 1. The summed E-state index contributed by atoms with van der Waals surface area (Å²) in [5, 5.41) is 0. The molecule has 0 aliphatic heterocycles. The van der Waals surface area contributed by atoms with Crippen LogP contribution < -0.4 is 4.74 Å². The minimum atomic E-state index is -0.118. The summed E-state index contributed by atoms with van der Waals surface area (Å²) < 4.78 is 22.1. The summed E-state index contributed by atoms with van der Waals surface area (Å²) >= 11 is 0. The summed E-state index contributed by atoms with van der Waals surface area (Å²) in [5.74, 6) is 2.57. The van der Waals surface area contributed by atoms with Crippen LogP contribution in [-0.4, -0.2) is 9.55 Å². The van der Waals surface area contributed by atoms with Crippen LogP contribution in [0.5, 0.6) is 11.5 Å². The number of imidazole rings is 1. The average Bonchev–Trinajstić information content (AvgIpc) is 3.18. The molecule has 1 atom stereocenters. The van der Waals surface area contributed by atoms with Crippen molar-refractivity contribution in [2.45, 2.75) is 25.7 Å². The molecule has 0 saturated heterocycles. The van der Waals surface area contributed by atoms with E-state index in [1.54, 1.807) is 12.3 Å². The monoisotopic (exact) mass is 322 g/mol. The Morgan fingerprint density at radius 2 is 1.96 bits per heavy atom. The zero-order chi connectivity index (χ0) is 16.7. The Balaban J connectivity index is 1.62. The Morgan fingerprint density at radius 1 is 1.17 bits per heavy atom. The summed E-state index contributed by atoms with van der Waals surface area (Å²) in [4.78, 5) is 4.35. The molecule has 4 heteroatoms. The van der Waals surface area contributed by atoms with E-state index >= 15 is 0 Å². The van der Waals surface area contributed by atoms with E-state index in [0.717, 1.165) is 46.9 Å². The van der Waals surface area contributed by atoms with Crippen molar-refractivity contribution in [3.8, 4) is 22.9 Å². The second-order valence-corrected chi connectivity index (χ2v) is 6.37. The van der Waals surface area contributed by atoms with Crippen LogP contribution in [0, 0.1) is 5.82 Å². The van der Waals surface area contributed by atoms with E-state index < -0.39 is 0 Å². The molecule has 2 aromatic carbocycles. The van der Waals surface area contributed by atoms with Crippen molar-refractivity contribution in [1.82, 2.24) is 9.55 Å². The number of aromatic nitrogens is 2. The number of hydrogen-bond acceptors (Lipinski definition) is 2. The molecular weight excluding hydrogens is 303 g/mol. The Kier molecular flexibility index (Phi) is 3.60. The maximum Gasteiger partial charge on any atom is 0.139 e. The zero-order valence-electron chi connectivity index (χ0n) is 13.8. The van der Waals surface area contributed by atoms with Crippen LogP contribution >= 0.6 is 0 Å². The molecule has 24 heavy (non-hydrogen) atoms. The number of halogens is 1. The van der Waals surface area contributed by atoms with Gasteiger partial charge in [0.2, 0.25) is 0 Å². The van der Waals surface area contributed by atoms with E-state index in [9.17, 15) is 4.39 Å². The second kappa shape index (κ2) is 5.78. The molecule has 1 unspecified atom stereocenters. The highest BCUT2D eigenvalue weighted by molar-refractivity contribution is 5.57. The highest BCUT2D eigenvalue weighted by Crippen LogP contribution is 2.41. The van der Waals surface area contributed by atoms with Crippen LogP contribution in [0.4, 0.5) is 4.39 Å². The maximum atomic E-state index is 14.0. The summed E-state index contributed by atoms with van der Waals surface area (Å²) in [6, 6.07) is 11.1. The van der Waals surface area contributed by atoms with Gasteiger partial charge in [-0.15, -0.1) is 0 Å². The Morgan fingerprint density at radius 3 is 2.67 bits per heavy atom. The van der Waals surface area contributed by atoms with E-state index in [1.165, 1.54) is 6.07 Å². The van der Waals surface area contributed by atoms with E-state index in [0.29, 0.717) is 0 Å². The fourth-order valence-electron chi connectivity index (χ4n) is 3.45. The molecule has 0 radical (unpaired) electrons.